The number of carbonyl (C=O) groups excluding carboxylic acids is 1. The first-order valence-corrected chi connectivity index (χ1v) is 7.09. The van der Waals surface area contributed by atoms with Crippen LogP contribution in [0.2, 0.25) is 0 Å². The maximum Gasteiger partial charge on any atom is 0.257 e. The Balaban J connectivity index is 2.28. The largest absolute Gasteiger partial charge is 0.496 e. The summed E-state index contributed by atoms with van der Waals surface area (Å²) in [5.41, 5.74) is 1.08. The number of ether oxygens (including phenoxy) is 2. The van der Waals surface area contributed by atoms with Gasteiger partial charge in [-0.1, -0.05) is 11.6 Å². The number of hydrogen-bond donors (Lipinski definition) is 1. The minimum absolute atomic E-state index is 0.0922. The molecule has 1 heterocycles. The van der Waals surface area contributed by atoms with Gasteiger partial charge in [0.05, 0.1) is 31.0 Å². The first-order chi connectivity index (χ1) is 9.86. The number of morpholine rings is 1. The van der Waals surface area contributed by atoms with Crippen molar-refractivity contribution < 1.29 is 19.4 Å². The molecular weight excluding hydrogens is 270 g/mol. The number of aliphatic hydroxyl groups is 1. The number of methoxy groups -OCH3 is 1. The Bertz CT molecular complexity index is 527. The number of carbonyl (C=O) groups is 1. The van der Waals surface area contributed by atoms with E-state index in [1.54, 1.807) is 18.1 Å². The van der Waals surface area contributed by atoms with Gasteiger partial charge in [0.15, 0.2) is 0 Å². The summed E-state index contributed by atoms with van der Waals surface area (Å²) in [6, 6.07) is 5.55. The zero-order chi connectivity index (χ0) is 15.6. The molecule has 1 amide bonds. The summed E-state index contributed by atoms with van der Waals surface area (Å²) >= 11 is 0. The van der Waals surface area contributed by atoms with Crippen molar-refractivity contribution in [2.75, 3.05) is 26.8 Å². The minimum atomic E-state index is -0.474. The van der Waals surface area contributed by atoms with Gasteiger partial charge in [0.25, 0.3) is 5.91 Å². The van der Waals surface area contributed by atoms with Crippen molar-refractivity contribution in [3.63, 3.8) is 0 Å². The molecule has 1 atom stereocenters. The summed E-state index contributed by atoms with van der Waals surface area (Å²) in [6.45, 7) is 6.55. The molecule has 0 spiro atoms. The number of benzene rings is 1. The van der Waals surface area contributed by atoms with Crippen LogP contribution in [0.25, 0.3) is 0 Å². The van der Waals surface area contributed by atoms with Crippen molar-refractivity contribution >= 4 is 5.91 Å². The Hall–Kier alpha value is -1.59. The molecule has 0 bridgehead atoms. The number of aryl methyl sites for hydroxylation is 1. The molecule has 1 aliphatic heterocycles. The van der Waals surface area contributed by atoms with E-state index in [1.165, 1.54) is 0 Å². The van der Waals surface area contributed by atoms with Crippen LogP contribution in [0.5, 0.6) is 5.75 Å². The van der Waals surface area contributed by atoms with Gasteiger partial charge in [0.2, 0.25) is 0 Å². The summed E-state index contributed by atoms with van der Waals surface area (Å²) in [7, 11) is 1.56. The zero-order valence-electron chi connectivity index (χ0n) is 13.0. The predicted molar refractivity (Wildman–Crippen MR) is 79.7 cm³/mol. The number of aliphatic hydroxyl groups excluding tert-OH is 1. The molecule has 1 aromatic rings. The van der Waals surface area contributed by atoms with Crippen LogP contribution in [0.15, 0.2) is 18.2 Å². The average Bonchev–Trinajstić information content (AvgIpc) is 2.44. The lowest BCUT2D eigenvalue weighted by Gasteiger charge is -2.42. The fourth-order valence-corrected chi connectivity index (χ4v) is 2.70. The van der Waals surface area contributed by atoms with E-state index in [0.29, 0.717) is 24.4 Å². The normalized spacial score (nSPS) is 21.2. The third kappa shape index (κ3) is 3.54. The summed E-state index contributed by atoms with van der Waals surface area (Å²) in [4.78, 5) is 14.5. The topological polar surface area (TPSA) is 59.0 Å². The molecule has 1 unspecified atom stereocenters. The number of nitrogens with zero attached hydrogens (tertiary/aromatic N) is 1. The molecule has 1 N–H and O–H groups in total. The second kappa shape index (κ2) is 6.03. The number of amides is 1. The fourth-order valence-electron chi connectivity index (χ4n) is 2.70. The maximum atomic E-state index is 12.8. The molecule has 1 saturated heterocycles. The molecule has 116 valence electrons. The molecule has 1 fully saturated rings. The summed E-state index contributed by atoms with van der Waals surface area (Å²) < 4.78 is 11.0. The molecule has 0 radical (unpaired) electrons. The third-order valence-corrected chi connectivity index (χ3v) is 3.56. The van der Waals surface area contributed by atoms with Crippen LogP contribution in [0.4, 0.5) is 0 Å². The van der Waals surface area contributed by atoms with E-state index < -0.39 is 5.60 Å². The van der Waals surface area contributed by atoms with Crippen molar-refractivity contribution in [2.24, 2.45) is 0 Å². The van der Waals surface area contributed by atoms with Crippen molar-refractivity contribution in [3.05, 3.63) is 29.3 Å². The van der Waals surface area contributed by atoms with Gasteiger partial charge < -0.3 is 19.5 Å². The lowest BCUT2D eigenvalue weighted by Crippen LogP contribution is -2.55. The van der Waals surface area contributed by atoms with E-state index in [-0.39, 0.29) is 18.6 Å². The van der Waals surface area contributed by atoms with Gasteiger partial charge in [-0.15, -0.1) is 0 Å². The fraction of sp³-hybridized carbons (Fsp3) is 0.562. The average molecular weight is 293 g/mol. The summed E-state index contributed by atoms with van der Waals surface area (Å²) in [5, 5.41) is 9.35. The van der Waals surface area contributed by atoms with Crippen LogP contribution in [-0.4, -0.2) is 54.4 Å². The molecular formula is C16H23NO4. The van der Waals surface area contributed by atoms with Gasteiger partial charge in [0, 0.05) is 13.1 Å². The van der Waals surface area contributed by atoms with E-state index in [0.717, 1.165) is 5.56 Å². The van der Waals surface area contributed by atoms with Gasteiger partial charge >= 0.3 is 0 Å². The van der Waals surface area contributed by atoms with Crippen LogP contribution in [0.1, 0.15) is 29.8 Å². The second-order valence-electron chi connectivity index (χ2n) is 6.07. The maximum absolute atomic E-state index is 12.8. The Morgan fingerprint density at radius 3 is 2.86 bits per heavy atom. The van der Waals surface area contributed by atoms with Crippen molar-refractivity contribution in [2.45, 2.75) is 32.5 Å². The quantitative estimate of drug-likeness (QED) is 0.920. The summed E-state index contributed by atoms with van der Waals surface area (Å²) in [5.74, 6) is 0.473. The molecule has 2 rings (SSSR count). The van der Waals surface area contributed by atoms with E-state index in [2.05, 4.69) is 0 Å². The third-order valence-electron chi connectivity index (χ3n) is 3.56. The highest BCUT2D eigenvalue weighted by Gasteiger charge is 2.36. The Kier molecular flexibility index (Phi) is 4.54. The van der Waals surface area contributed by atoms with E-state index in [4.69, 9.17) is 9.47 Å². The van der Waals surface area contributed by atoms with Crippen LogP contribution >= 0.6 is 0 Å². The van der Waals surface area contributed by atoms with Crippen LogP contribution < -0.4 is 4.74 Å². The molecule has 5 nitrogen and oxygen atoms in total. The Labute approximate surface area is 125 Å². The molecule has 21 heavy (non-hydrogen) atoms. The Morgan fingerprint density at radius 1 is 1.52 bits per heavy atom. The van der Waals surface area contributed by atoms with Crippen LogP contribution in [-0.2, 0) is 4.74 Å². The number of rotatable bonds is 3. The van der Waals surface area contributed by atoms with Gasteiger partial charge in [-0.05, 0) is 32.9 Å². The van der Waals surface area contributed by atoms with Crippen LogP contribution in [0.3, 0.4) is 0 Å². The molecule has 0 aliphatic carbocycles. The number of hydrogen-bond acceptors (Lipinski definition) is 4. The van der Waals surface area contributed by atoms with Gasteiger partial charge in [-0.25, -0.2) is 0 Å². The van der Waals surface area contributed by atoms with Gasteiger partial charge in [0.1, 0.15) is 5.75 Å². The van der Waals surface area contributed by atoms with Crippen molar-refractivity contribution in [1.29, 1.82) is 0 Å². The molecule has 1 aromatic carbocycles. The molecule has 5 heteroatoms. The predicted octanol–water partition coefficient (Wildman–Crippen LogP) is 1.62. The highest BCUT2D eigenvalue weighted by atomic mass is 16.5. The second-order valence-corrected chi connectivity index (χ2v) is 6.07. The Morgan fingerprint density at radius 2 is 2.24 bits per heavy atom. The van der Waals surface area contributed by atoms with Gasteiger partial charge in [-0.2, -0.15) is 0 Å². The SMILES string of the molecule is COc1ccc(C)cc1C(=O)N1CC(CO)OC(C)(C)C1. The highest BCUT2D eigenvalue weighted by Crippen LogP contribution is 2.26. The lowest BCUT2D eigenvalue weighted by atomic mass is 10.0. The molecule has 0 saturated carbocycles. The molecule has 0 aromatic heterocycles. The van der Waals surface area contributed by atoms with Gasteiger partial charge in [-0.3, -0.25) is 4.79 Å². The van der Waals surface area contributed by atoms with Crippen LogP contribution in [0, 0.1) is 6.92 Å². The zero-order valence-corrected chi connectivity index (χ0v) is 13.0. The first kappa shape index (κ1) is 15.8. The van der Waals surface area contributed by atoms with Crippen molar-refractivity contribution in [3.8, 4) is 5.75 Å². The first-order valence-electron chi connectivity index (χ1n) is 7.09. The lowest BCUT2D eigenvalue weighted by molar-refractivity contribution is -0.139. The van der Waals surface area contributed by atoms with E-state index in [9.17, 15) is 9.90 Å². The minimum Gasteiger partial charge on any atom is -0.496 e. The van der Waals surface area contributed by atoms with Crippen molar-refractivity contribution in [1.82, 2.24) is 4.90 Å². The standard InChI is InChI=1S/C16H23NO4/c1-11-5-6-14(20-4)13(7-11)15(19)17-8-12(9-18)21-16(2,3)10-17/h5-7,12,18H,8-10H2,1-4H3. The molecule has 1 aliphatic rings. The highest BCUT2D eigenvalue weighted by molar-refractivity contribution is 5.97. The smallest absolute Gasteiger partial charge is 0.257 e. The van der Waals surface area contributed by atoms with E-state index in [1.807, 2.05) is 32.9 Å². The van der Waals surface area contributed by atoms with E-state index >= 15 is 0 Å². The monoisotopic (exact) mass is 293 g/mol. The summed E-state index contributed by atoms with van der Waals surface area (Å²) in [6.07, 6.45) is -0.353.